The summed E-state index contributed by atoms with van der Waals surface area (Å²) >= 11 is 1.53. The van der Waals surface area contributed by atoms with E-state index < -0.39 is 6.04 Å². The number of fused-ring (bicyclic) bond motifs is 1. The minimum Gasteiger partial charge on any atom is -0.316 e. The first-order chi connectivity index (χ1) is 8.67. The first-order valence-electron chi connectivity index (χ1n) is 5.79. The molecule has 0 bridgehead atoms. The van der Waals surface area contributed by atoms with Gasteiger partial charge in [0.2, 0.25) is 5.91 Å². The minimum absolute atomic E-state index is 0.00292. The third-order valence-corrected chi connectivity index (χ3v) is 3.91. The Balaban J connectivity index is 2.43. The van der Waals surface area contributed by atoms with Crippen molar-refractivity contribution < 1.29 is 4.79 Å². The van der Waals surface area contributed by atoms with Gasteiger partial charge in [0.05, 0.1) is 17.5 Å². The number of carbonyl (C=O) groups is 1. The van der Waals surface area contributed by atoms with Gasteiger partial charge in [-0.15, -0.1) is 11.8 Å². The molecule has 0 fully saturated rings. The fourth-order valence-corrected chi connectivity index (χ4v) is 2.90. The van der Waals surface area contributed by atoms with Gasteiger partial charge in [-0.3, -0.25) is 9.69 Å². The van der Waals surface area contributed by atoms with Crippen LogP contribution >= 0.6 is 11.8 Å². The Hall–Kier alpha value is -1.51. The summed E-state index contributed by atoms with van der Waals surface area (Å²) in [6, 6.07) is 7.77. The number of nitrogens with one attached hydrogen (secondary N) is 1. The molecule has 18 heavy (non-hydrogen) atoms. The van der Waals surface area contributed by atoms with Crippen LogP contribution in [0.4, 0.5) is 5.69 Å². The molecule has 1 aliphatic heterocycles. The molecule has 2 rings (SSSR count). The first-order valence-corrected chi connectivity index (χ1v) is 6.78. The summed E-state index contributed by atoms with van der Waals surface area (Å²) < 4.78 is 0. The topological polar surface area (TPSA) is 56.1 Å². The van der Waals surface area contributed by atoms with Crippen LogP contribution in [0.3, 0.4) is 0 Å². The van der Waals surface area contributed by atoms with Crippen LogP contribution in [0.15, 0.2) is 23.1 Å². The van der Waals surface area contributed by atoms with Crippen molar-refractivity contribution in [2.45, 2.75) is 24.4 Å². The minimum atomic E-state index is -0.429. The lowest BCUT2D eigenvalue weighted by Crippen LogP contribution is -2.41. The molecule has 4 nitrogen and oxygen atoms in total. The van der Waals surface area contributed by atoms with Crippen molar-refractivity contribution in [3.63, 3.8) is 0 Å². The van der Waals surface area contributed by atoms with Crippen LogP contribution in [0, 0.1) is 11.3 Å². The predicted octanol–water partition coefficient (Wildman–Crippen LogP) is 1.76. The molecule has 5 heteroatoms. The van der Waals surface area contributed by atoms with E-state index in [2.05, 4.69) is 11.4 Å². The molecule has 1 N–H and O–H groups in total. The maximum atomic E-state index is 12.0. The van der Waals surface area contributed by atoms with Gasteiger partial charge in [0.25, 0.3) is 0 Å². The lowest BCUT2D eigenvalue weighted by atomic mass is 10.1. The van der Waals surface area contributed by atoms with Crippen molar-refractivity contribution >= 4 is 23.4 Å². The Morgan fingerprint density at radius 3 is 3.06 bits per heavy atom. The lowest BCUT2D eigenvalue weighted by Gasteiger charge is -2.31. The first kappa shape index (κ1) is 12.9. The van der Waals surface area contributed by atoms with Gasteiger partial charge in [-0.05, 0) is 31.7 Å². The second kappa shape index (κ2) is 5.42. The van der Waals surface area contributed by atoms with Crippen LogP contribution in [-0.2, 0) is 11.3 Å². The summed E-state index contributed by atoms with van der Waals surface area (Å²) in [4.78, 5) is 14.6. The molecule has 1 aromatic rings. The zero-order valence-electron chi connectivity index (χ0n) is 10.4. The average molecular weight is 261 g/mol. The van der Waals surface area contributed by atoms with Gasteiger partial charge in [-0.1, -0.05) is 6.07 Å². The van der Waals surface area contributed by atoms with Gasteiger partial charge in [0.1, 0.15) is 6.04 Å². The van der Waals surface area contributed by atoms with Crippen molar-refractivity contribution in [2.24, 2.45) is 0 Å². The maximum absolute atomic E-state index is 12.0. The zero-order chi connectivity index (χ0) is 13.1. The highest BCUT2D eigenvalue weighted by Gasteiger charge is 2.28. The number of rotatable bonds is 3. The Morgan fingerprint density at radius 1 is 1.61 bits per heavy atom. The van der Waals surface area contributed by atoms with E-state index in [9.17, 15) is 4.79 Å². The van der Waals surface area contributed by atoms with E-state index in [1.54, 1.807) is 11.8 Å². The summed E-state index contributed by atoms with van der Waals surface area (Å²) in [7, 11) is 1.88. The number of nitriles is 1. The van der Waals surface area contributed by atoms with Crippen LogP contribution in [0.2, 0.25) is 0 Å². The van der Waals surface area contributed by atoms with Gasteiger partial charge in [0, 0.05) is 11.4 Å². The quantitative estimate of drug-likeness (QED) is 0.900. The van der Waals surface area contributed by atoms with Crippen LogP contribution < -0.4 is 10.2 Å². The molecule has 0 radical (unpaired) electrons. The summed E-state index contributed by atoms with van der Waals surface area (Å²) in [5, 5.41) is 12.1. The molecule has 1 aliphatic rings. The fraction of sp³-hybridized carbons (Fsp3) is 0.385. The van der Waals surface area contributed by atoms with Gasteiger partial charge < -0.3 is 5.32 Å². The highest BCUT2D eigenvalue weighted by Crippen LogP contribution is 2.37. The van der Waals surface area contributed by atoms with Crippen molar-refractivity contribution in [1.82, 2.24) is 5.32 Å². The third-order valence-electron chi connectivity index (χ3n) is 2.86. The molecular formula is C13H15N3OS. The van der Waals surface area contributed by atoms with Gasteiger partial charge in [0.15, 0.2) is 0 Å². The monoisotopic (exact) mass is 261 g/mol. The lowest BCUT2D eigenvalue weighted by molar-refractivity contribution is -0.116. The summed E-state index contributed by atoms with van der Waals surface area (Å²) in [6.07, 6.45) is 0. The van der Waals surface area contributed by atoms with Crippen LogP contribution in [0.1, 0.15) is 12.5 Å². The second-order valence-corrected chi connectivity index (χ2v) is 5.21. The number of carbonyl (C=O) groups excluding carboxylic acids is 1. The molecule has 0 saturated heterocycles. The Morgan fingerprint density at radius 2 is 2.39 bits per heavy atom. The van der Waals surface area contributed by atoms with E-state index in [-0.39, 0.29) is 5.91 Å². The largest absolute Gasteiger partial charge is 0.316 e. The Labute approximate surface area is 111 Å². The number of hydrogen-bond donors (Lipinski definition) is 1. The number of anilines is 1. The molecule has 1 unspecified atom stereocenters. The Bertz CT molecular complexity index is 509. The summed E-state index contributed by atoms with van der Waals surface area (Å²) in [5.41, 5.74) is 1.97. The molecule has 0 aliphatic carbocycles. The van der Waals surface area contributed by atoms with Gasteiger partial charge in [-0.25, -0.2) is 0 Å². The van der Waals surface area contributed by atoms with E-state index in [1.165, 1.54) is 11.8 Å². The van der Waals surface area contributed by atoms with E-state index in [1.807, 2.05) is 25.2 Å². The van der Waals surface area contributed by atoms with E-state index in [0.717, 1.165) is 22.7 Å². The Kier molecular flexibility index (Phi) is 3.90. The molecule has 1 atom stereocenters. The van der Waals surface area contributed by atoms with E-state index in [0.29, 0.717) is 5.75 Å². The van der Waals surface area contributed by atoms with Gasteiger partial charge in [-0.2, -0.15) is 5.26 Å². The molecular weight excluding hydrogens is 246 g/mol. The highest BCUT2D eigenvalue weighted by molar-refractivity contribution is 8.00. The zero-order valence-corrected chi connectivity index (χ0v) is 11.3. The summed E-state index contributed by atoms with van der Waals surface area (Å²) in [6.45, 7) is 2.50. The number of benzene rings is 1. The molecule has 0 saturated carbocycles. The van der Waals surface area contributed by atoms with Crippen LogP contribution in [-0.4, -0.2) is 24.7 Å². The van der Waals surface area contributed by atoms with Crippen molar-refractivity contribution in [3.05, 3.63) is 23.8 Å². The number of thioether (sulfide) groups is 1. The number of hydrogen-bond acceptors (Lipinski definition) is 4. The molecule has 1 aromatic carbocycles. The smallest absolute Gasteiger partial charge is 0.238 e. The van der Waals surface area contributed by atoms with Crippen molar-refractivity contribution in [2.75, 3.05) is 17.7 Å². The summed E-state index contributed by atoms with van der Waals surface area (Å²) in [5.74, 6) is 0.410. The highest BCUT2D eigenvalue weighted by atomic mass is 32.2. The molecule has 1 amide bonds. The fourth-order valence-electron chi connectivity index (χ4n) is 2.01. The molecule has 94 valence electrons. The number of amides is 1. The average Bonchev–Trinajstić information content (AvgIpc) is 2.38. The molecule has 0 spiro atoms. The van der Waals surface area contributed by atoms with E-state index in [4.69, 9.17) is 5.26 Å². The van der Waals surface area contributed by atoms with Crippen LogP contribution in [0.5, 0.6) is 0 Å². The third kappa shape index (κ3) is 2.35. The maximum Gasteiger partial charge on any atom is 0.238 e. The molecule has 1 heterocycles. The predicted molar refractivity (Wildman–Crippen MR) is 72.5 cm³/mol. The van der Waals surface area contributed by atoms with Crippen molar-refractivity contribution in [3.8, 4) is 6.07 Å². The SMILES string of the molecule is CNCc1ccc2c(c1)N(C(C)C#N)C(=O)CS2. The van der Waals surface area contributed by atoms with Crippen LogP contribution in [0.25, 0.3) is 0 Å². The molecule has 0 aromatic heterocycles. The van der Waals surface area contributed by atoms with Crippen molar-refractivity contribution in [1.29, 1.82) is 5.26 Å². The second-order valence-electron chi connectivity index (χ2n) is 4.19. The van der Waals surface area contributed by atoms with E-state index >= 15 is 0 Å². The number of nitrogens with zero attached hydrogens (tertiary/aromatic N) is 2. The normalized spacial score (nSPS) is 16.1. The van der Waals surface area contributed by atoms with Gasteiger partial charge >= 0.3 is 0 Å². The standard InChI is InChI=1S/C13H15N3OS/c1-9(6-14)16-11-5-10(7-15-2)3-4-12(11)18-8-13(16)17/h3-5,9,15H,7-8H2,1-2H3.